The summed E-state index contributed by atoms with van der Waals surface area (Å²) in [5, 5.41) is 12.5. The number of furan rings is 1. The lowest BCUT2D eigenvalue weighted by Gasteiger charge is -2.24. The fourth-order valence-electron chi connectivity index (χ4n) is 4.12. The molecule has 2 aliphatic carbocycles. The van der Waals surface area contributed by atoms with E-state index in [4.69, 9.17) is 4.42 Å². The molecule has 1 aromatic heterocycles. The first kappa shape index (κ1) is 15.7. The third kappa shape index (κ3) is 2.65. The number of carboxylic acids is 1. The Morgan fingerprint density at radius 1 is 1.08 bits per heavy atom. The van der Waals surface area contributed by atoms with Crippen molar-refractivity contribution in [1.82, 2.24) is 0 Å². The molecule has 1 aromatic carbocycles. The van der Waals surface area contributed by atoms with E-state index >= 15 is 0 Å². The molecule has 5 nitrogen and oxygen atoms in total. The number of aliphatic carboxylic acids is 1. The highest BCUT2D eigenvalue weighted by Crippen LogP contribution is 2.48. The topological polar surface area (TPSA) is 79.5 Å². The maximum Gasteiger partial charge on any atom is 0.307 e. The Balaban J connectivity index is 1.62. The first-order chi connectivity index (χ1) is 12.0. The molecule has 1 heterocycles. The van der Waals surface area contributed by atoms with Crippen LogP contribution in [0.3, 0.4) is 0 Å². The molecule has 0 radical (unpaired) electrons. The highest BCUT2D eigenvalue weighted by atomic mass is 16.4. The molecule has 2 bridgehead atoms. The zero-order valence-electron chi connectivity index (χ0n) is 13.8. The monoisotopic (exact) mass is 337 g/mol. The van der Waals surface area contributed by atoms with Crippen LogP contribution in [-0.4, -0.2) is 17.0 Å². The van der Waals surface area contributed by atoms with E-state index in [0.29, 0.717) is 11.4 Å². The maximum atomic E-state index is 12.9. The minimum Gasteiger partial charge on any atom is -0.481 e. The number of carbonyl (C=O) groups excluding carboxylic acids is 1. The van der Waals surface area contributed by atoms with Gasteiger partial charge in [-0.25, -0.2) is 0 Å². The van der Waals surface area contributed by atoms with Gasteiger partial charge in [0.05, 0.1) is 17.5 Å². The number of allylic oxidation sites excluding steroid dienone is 2. The highest BCUT2D eigenvalue weighted by molar-refractivity contribution is 5.99. The van der Waals surface area contributed by atoms with E-state index in [1.165, 1.54) is 0 Å². The Hall–Kier alpha value is -2.82. The summed E-state index contributed by atoms with van der Waals surface area (Å²) in [7, 11) is 0. The number of hydrogen-bond acceptors (Lipinski definition) is 3. The van der Waals surface area contributed by atoms with Gasteiger partial charge < -0.3 is 14.8 Å². The first-order valence-electron chi connectivity index (χ1n) is 8.42. The van der Waals surface area contributed by atoms with Crippen molar-refractivity contribution in [3.8, 4) is 11.3 Å². The summed E-state index contributed by atoms with van der Waals surface area (Å²) in [6.07, 6.45) is 4.66. The number of nitrogens with one attached hydrogen (secondary N) is 1. The SMILES string of the molecule is Cc1ccc(-c2ccccc2NC(=O)[C@@H]2[C@@H](C(=O)O)[C@@H]3C=C[C@@H]2C3)o1. The number of amides is 1. The van der Waals surface area contributed by atoms with Crippen molar-refractivity contribution in [3.05, 3.63) is 54.3 Å². The molecule has 128 valence electrons. The molecule has 5 heteroatoms. The van der Waals surface area contributed by atoms with Gasteiger partial charge in [0.25, 0.3) is 0 Å². The molecule has 1 fully saturated rings. The lowest BCUT2D eigenvalue weighted by Crippen LogP contribution is -2.36. The molecule has 4 atom stereocenters. The Labute approximate surface area is 145 Å². The molecule has 1 amide bonds. The van der Waals surface area contributed by atoms with Crippen molar-refractivity contribution in [2.24, 2.45) is 23.7 Å². The summed E-state index contributed by atoms with van der Waals surface area (Å²) >= 11 is 0. The minimum absolute atomic E-state index is 0.00381. The van der Waals surface area contributed by atoms with Gasteiger partial charge in [-0.3, -0.25) is 9.59 Å². The van der Waals surface area contributed by atoms with Crippen molar-refractivity contribution >= 4 is 17.6 Å². The summed E-state index contributed by atoms with van der Waals surface area (Å²) in [5.74, 6) is -0.875. The van der Waals surface area contributed by atoms with Gasteiger partial charge in [0, 0.05) is 5.56 Å². The predicted octanol–water partition coefficient (Wildman–Crippen LogP) is 3.72. The van der Waals surface area contributed by atoms with Crippen LogP contribution in [0.25, 0.3) is 11.3 Å². The molecule has 0 unspecified atom stereocenters. The predicted molar refractivity (Wildman–Crippen MR) is 92.9 cm³/mol. The molecule has 2 N–H and O–H groups in total. The summed E-state index contributed by atoms with van der Waals surface area (Å²) in [6, 6.07) is 11.1. The molecular formula is C20H19NO4. The van der Waals surface area contributed by atoms with Gasteiger partial charge in [-0.05, 0) is 49.4 Å². The molecule has 1 saturated carbocycles. The zero-order valence-corrected chi connectivity index (χ0v) is 13.8. The van der Waals surface area contributed by atoms with Gasteiger partial charge in [0.15, 0.2) is 0 Å². The largest absolute Gasteiger partial charge is 0.481 e. The normalized spacial score (nSPS) is 26.8. The van der Waals surface area contributed by atoms with Gasteiger partial charge in [0.1, 0.15) is 11.5 Å². The standard InChI is InChI=1S/C20H19NO4/c1-11-6-9-16(25-11)14-4-2-3-5-15(14)21-19(22)17-12-7-8-13(10-12)18(17)20(23)24/h2-9,12-13,17-18H,10H2,1H3,(H,21,22)(H,23,24)/t12-,13-,17+,18+/m1/s1. The summed E-state index contributed by atoms with van der Waals surface area (Å²) < 4.78 is 5.67. The van der Waals surface area contributed by atoms with E-state index in [9.17, 15) is 14.7 Å². The Morgan fingerprint density at radius 3 is 2.48 bits per heavy atom. The van der Waals surface area contributed by atoms with Crippen LogP contribution in [0.2, 0.25) is 0 Å². The second kappa shape index (κ2) is 5.92. The fraction of sp³-hybridized carbons (Fsp3) is 0.300. The zero-order chi connectivity index (χ0) is 17.6. The fourth-order valence-corrected chi connectivity index (χ4v) is 4.12. The molecule has 25 heavy (non-hydrogen) atoms. The van der Waals surface area contributed by atoms with Crippen LogP contribution >= 0.6 is 0 Å². The first-order valence-corrected chi connectivity index (χ1v) is 8.42. The number of fused-ring (bicyclic) bond motifs is 2. The number of carboxylic acid groups (broad SMARTS) is 1. The summed E-state index contributed by atoms with van der Waals surface area (Å²) in [4.78, 5) is 24.5. The molecule has 0 aliphatic heterocycles. The second-order valence-corrected chi connectivity index (χ2v) is 6.78. The van der Waals surface area contributed by atoms with Gasteiger partial charge in [0.2, 0.25) is 5.91 Å². The van der Waals surface area contributed by atoms with Crippen LogP contribution in [0.15, 0.2) is 53.0 Å². The van der Waals surface area contributed by atoms with Crippen molar-refractivity contribution in [3.63, 3.8) is 0 Å². The molecule has 0 spiro atoms. The van der Waals surface area contributed by atoms with Gasteiger partial charge >= 0.3 is 5.97 Å². The molecule has 2 aromatic rings. The van der Waals surface area contributed by atoms with Crippen LogP contribution in [0.1, 0.15) is 12.2 Å². The molecule has 2 aliphatic rings. The average molecular weight is 337 g/mol. The smallest absolute Gasteiger partial charge is 0.307 e. The van der Waals surface area contributed by atoms with Crippen molar-refractivity contribution < 1.29 is 19.1 Å². The second-order valence-electron chi connectivity index (χ2n) is 6.78. The van der Waals surface area contributed by atoms with E-state index in [-0.39, 0.29) is 17.7 Å². The summed E-state index contributed by atoms with van der Waals surface area (Å²) in [6.45, 7) is 1.86. The number of anilines is 1. The number of benzene rings is 1. The quantitative estimate of drug-likeness (QED) is 0.834. The number of para-hydroxylation sites is 1. The number of hydrogen-bond donors (Lipinski definition) is 2. The van der Waals surface area contributed by atoms with E-state index in [2.05, 4.69) is 5.32 Å². The number of carbonyl (C=O) groups is 2. The van der Waals surface area contributed by atoms with E-state index in [0.717, 1.165) is 17.7 Å². The van der Waals surface area contributed by atoms with Crippen LogP contribution in [0.4, 0.5) is 5.69 Å². The van der Waals surface area contributed by atoms with Crippen molar-refractivity contribution in [2.75, 3.05) is 5.32 Å². The molecular weight excluding hydrogens is 318 g/mol. The van der Waals surface area contributed by atoms with Gasteiger partial charge in [-0.15, -0.1) is 0 Å². The maximum absolute atomic E-state index is 12.9. The third-order valence-electron chi connectivity index (χ3n) is 5.24. The minimum atomic E-state index is -0.896. The van der Waals surface area contributed by atoms with E-state index < -0.39 is 17.8 Å². The Bertz CT molecular complexity index is 866. The summed E-state index contributed by atoms with van der Waals surface area (Å²) in [5.41, 5.74) is 1.42. The number of rotatable bonds is 4. The van der Waals surface area contributed by atoms with Crippen LogP contribution in [0, 0.1) is 30.6 Å². The van der Waals surface area contributed by atoms with Crippen LogP contribution < -0.4 is 5.32 Å². The molecule has 4 rings (SSSR count). The van der Waals surface area contributed by atoms with Crippen molar-refractivity contribution in [1.29, 1.82) is 0 Å². The van der Waals surface area contributed by atoms with E-state index in [1.807, 2.05) is 55.5 Å². The van der Waals surface area contributed by atoms with Gasteiger partial charge in [-0.2, -0.15) is 0 Å². The average Bonchev–Trinajstić information content (AvgIpc) is 3.30. The Morgan fingerprint density at radius 2 is 1.80 bits per heavy atom. The third-order valence-corrected chi connectivity index (χ3v) is 5.24. The van der Waals surface area contributed by atoms with Crippen molar-refractivity contribution in [2.45, 2.75) is 13.3 Å². The van der Waals surface area contributed by atoms with Gasteiger partial charge in [-0.1, -0.05) is 24.3 Å². The number of aryl methyl sites for hydroxylation is 1. The molecule has 0 saturated heterocycles. The van der Waals surface area contributed by atoms with Crippen LogP contribution in [0.5, 0.6) is 0 Å². The lowest BCUT2D eigenvalue weighted by atomic mass is 9.82. The Kier molecular flexibility index (Phi) is 3.71. The lowest BCUT2D eigenvalue weighted by molar-refractivity contribution is -0.146. The van der Waals surface area contributed by atoms with E-state index in [1.54, 1.807) is 0 Å². The van der Waals surface area contributed by atoms with Crippen LogP contribution in [-0.2, 0) is 9.59 Å². The highest BCUT2D eigenvalue weighted by Gasteiger charge is 2.51.